The normalized spacial score (nSPS) is 7.81. The predicted octanol–water partition coefficient (Wildman–Crippen LogP) is 3.93. The third-order valence-corrected chi connectivity index (χ3v) is 2.38. The molecule has 0 spiro atoms. The molecule has 0 unspecified atom stereocenters. The Morgan fingerprint density at radius 3 is 1.19 bits per heavy atom. The maximum atomic E-state index is 11.8. The van der Waals surface area contributed by atoms with E-state index >= 15 is 0 Å². The Hall–Kier alpha value is -1.55. The van der Waals surface area contributed by atoms with Gasteiger partial charge in [0.25, 0.3) is 0 Å². The second kappa shape index (κ2) is 12.2. The van der Waals surface area contributed by atoms with Crippen molar-refractivity contribution in [3.63, 3.8) is 0 Å². The quantitative estimate of drug-likeness (QED) is 0.345. The van der Waals surface area contributed by atoms with Gasteiger partial charge in [-0.05, 0) is 0 Å². The summed E-state index contributed by atoms with van der Waals surface area (Å²) in [6, 6.07) is 17.5. The Balaban J connectivity index is -0.000000810. The zero-order valence-electron chi connectivity index (χ0n) is 12.7. The summed E-state index contributed by atoms with van der Waals surface area (Å²) < 4.78 is 0. The van der Waals surface area contributed by atoms with Crippen LogP contribution in [0.4, 0.5) is 0 Å². The van der Waals surface area contributed by atoms with Crippen LogP contribution in [0.5, 0.6) is 0 Å². The third-order valence-electron chi connectivity index (χ3n) is 2.38. The van der Waals surface area contributed by atoms with Gasteiger partial charge in [-0.25, -0.2) is 0 Å². The molecule has 2 aromatic carbocycles. The number of carbonyl (C=O) groups excluding carboxylic acids is 2. The van der Waals surface area contributed by atoms with Crippen molar-refractivity contribution in [1.82, 2.24) is 0 Å². The number of ketones is 2. The van der Waals surface area contributed by atoms with Gasteiger partial charge in [0.2, 0.25) is 0 Å². The van der Waals surface area contributed by atoms with Crippen molar-refractivity contribution in [2.75, 3.05) is 0 Å². The fraction of sp³-hybridized carbons (Fsp3) is 0. The van der Waals surface area contributed by atoms with Gasteiger partial charge in [-0.2, -0.15) is 0 Å². The molecule has 0 N–H and O–H groups in total. The van der Waals surface area contributed by atoms with E-state index in [1.165, 1.54) is 0 Å². The summed E-state index contributed by atoms with van der Waals surface area (Å²) in [4.78, 5) is 23.5. The first kappa shape index (κ1) is 24.5. The molecule has 0 aromatic heterocycles. The van der Waals surface area contributed by atoms with Crippen LogP contribution in [0.25, 0.3) is 0 Å². The van der Waals surface area contributed by atoms with Crippen LogP contribution in [0.15, 0.2) is 60.7 Å². The van der Waals surface area contributed by atoms with Crippen LogP contribution in [0, 0.1) is 28.7 Å². The van der Waals surface area contributed by atoms with Crippen LogP contribution in [-0.2, 0) is 0 Å². The average molecular weight is 387 g/mol. The van der Waals surface area contributed by atoms with Crippen LogP contribution in [-0.4, -0.2) is 35.5 Å². The largest absolute Gasteiger partial charge is 4.00 e. The zero-order valence-corrected chi connectivity index (χ0v) is 15.5. The molecule has 21 heavy (non-hydrogen) atoms. The van der Waals surface area contributed by atoms with Crippen LogP contribution in [0.3, 0.4) is 0 Å². The minimum absolute atomic E-state index is 0. The molecule has 0 heterocycles. The molecule has 108 valence electrons. The second-order valence-corrected chi connectivity index (χ2v) is 3.60. The molecule has 0 aliphatic rings. The van der Waals surface area contributed by atoms with Crippen molar-refractivity contribution in [3.05, 3.63) is 100 Å². The fourth-order valence-corrected chi connectivity index (χ4v) is 1.49. The summed E-state index contributed by atoms with van der Waals surface area (Å²) in [6.07, 6.45) is 1.13. The van der Waals surface area contributed by atoms with Gasteiger partial charge >= 0.3 is 23.9 Å². The minimum atomic E-state index is -0.264. The van der Waals surface area contributed by atoms with Crippen molar-refractivity contribution < 1.29 is 9.59 Å². The maximum absolute atomic E-state index is 11.8. The molecule has 0 aliphatic heterocycles. The average Bonchev–Trinajstić information content (AvgIpc) is 2.40. The topological polar surface area (TPSA) is 34.1 Å². The predicted molar refractivity (Wildman–Crippen MR) is 90.8 cm³/mol. The summed E-state index contributed by atoms with van der Waals surface area (Å²) in [7, 11) is 0. The summed E-state index contributed by atoms with van der Waals surface area (Å²) in [6.45, 7) is 0. The van der Waals surface area contributed by atoms with Crippen molar-refractivity contribution in [2.24, 2.45) is 0 Å². The standard InChI is InChI=1S/C15H11O2.3CH3.Sn/c16-14(12-7-3-1-4-8-12)11-15(17)13-9-5-2-6-10-13;;;;/h1-11H;3*1H3;/q4*-1;+4. The number of benzene rings is 2. The van der Waals surface area contributed by atoms with E-state index in [4.69, 9.17) is 0 Å². The first-order valence-electron chi connectivity index (χ1n) is 5.31. The van der Waals surface area contributed by atoms with Gasteiger partial charge in [-0.3, -0.25) is 0 Å². The summed E-state index contributed by atoms with van der Waals surface area (Å²) >= 11 is 0. The molecular formula is C18H20O2Sn. The zero-order chi connectivity index (χ0) is 12.1. The second-order valence-electron chi connectivity index (χ2n) is 3.60. The number of hydrogen-bond donors (Lipinski definition) is 0. The van der Waals surface area contributed by atoms with Crippen LogP contribution >= 0.6 is 0 Å². The van der Waals surface area contributed by atoms with Gasteiger partial charge in [-0.15, -0.1) is 24.3 Å². The molecular weight excluding hydrogens is 367 g/mol. The number of Topliss-reactive ketones (excluding diaryl/α,β-unsaturated/α-hetero) is 2. The van der Waals surface area contributed by atoms with Gasteiger partial charge in [-0.1, -0.05) is 53.9 Å². The number of carbonyl (C=O) groups is 2. The Morgan fingerprint density at radius 2 is 0.905 bits per heavy atom. The monoisotopic (exact) mass is 388 g/mol. The van der Waals surface area contributed by atoms with E-state index in [0.29, 0.717) is 11.1 Å². The number of rotatable bonds is 4. The Bertz CT molecular complexity index is 472. The molecule has 2 nitrogen and oxygen atoms in total. The van der Waals surface area contributed by atoms with E-state index < -0.39 is 0 Å². The maximum Gasteiger partial charge on any atom is 4.00 e. The van der Waals surface area contributed by atoms with E-state index in [9.17, 15) is 9.59 Å². The minimum Gasteiger partial charge on any atom is -0.358 e. The molecule has 0 bridgehead atoms. The van der Waals surface area contributed by atoms with Gasteiger partial charge in [0.1, 0.15) is 0 Å². The molecule has 0 atom stereocenters. The van der Waals surface area contributed by atoms with Gasteiger partial charge in [0.15, 0.2) is 0 Å². The van der Waals surface area contributed by atoms with E-state index in [1.54, 1.807) is 48.5 Å². The molecule has 0 saturated carbocycles. The van der Waals surface area contributed by atoms with E-state index in [1.807, 2.05) is 12.1 Å². The third kappa shape index (κ3) is 7.14. The van der Waals surface area contributed by atoms with Crippen LogP contribution < -0.4 is 0 Å². The first-order valence-corrected chi connectivity index (χ1v) is 5.31. The molecule has 3 heteroatoms. The Kier molecular flexibility index (Phi) is 14.2. The molecule has 0 aliphatic carbocycles. The Morgan fingerprint density at radius 1 is 0.619 bits per heavy atom. The molecule has 0 amide bonds. The smallest absolute Gasteiger partial charge is 0.358 e. The molecule has 0 radical (unpaired) electrons. The molecule has 0 fully saturated rings. The summed E-state index contributed by atoms with van der Waals surface area (Å²) in [5.74, 6) is -0.529. The van der Waals surface area contributed by atoms with Gasteiger partial charge in [0.05, 0.1) is 11.6 Å². The van der Waals surface area contributed by atoms with Crippen molar-refractivity contribution in [1.29, 1.82) is 0 Å². The van der Waals surface area contributed by atoms with Crippen molar-refractivity contribution >= 4 is 35.5 Å². The van der Waals surface area contributed by atoms with Crippen molar-refractivity contribution in [2.45, 2.75) is 0 Å². The van der Waals surface area contributed by atoms with E-state index in [-0.39, 0.29) is 57.8 Å². The van der Waals surface area contributed by atoms with E-state index in [0.717, 1.165) is 6.42 Å². The summed E-state index contributed by atoms with van der Waals surface area (Å²) in [5.41, 5.74) is 1.05. The number of hydrogen-bond acceptors (Lipinski definition) is 2. The van der Waals surface area contributed by atoms with E-state index in [2.05, 4.69) is 0 Å². The summed E-state index contributed by atoms with van der Waals surface area (Å²) in [5, 5.41) is 0. The first-order chi connectivity index (χ1) is 8.27. The SMILES string of the molecule is O=C([CH-]C(=O)c1ccccc1)c1ccccc1.[CH3-].[CH3-].[CH3-].[Sn+4]. The molecule has 2 aromatic rings. The van der Waals surface area contributed by atoms with Crippen LogP contribution in [0.2, 0.25) is 0 Å². The van der Waals surface area contributed by atoms with Gasteiger partial charge in [0, 0.05) is 0 Å². The Labute approximate surface area is 145 Å². The molecule has 0 saturated heterocycles. The van der Waals surface area contributed by atoms with Crippen molar-refractivity contribution in [3.8, 4) is 0 Å². The van der Waals surface area contributed by atoms with Crippen LogP contribution in [0.1, 0.15) is 20.7 Å². The molecule has 2 rings (SSSR count). The fourth-order valence-electron chi connectivity index (χ4n) is 1.49. The van der Waals surface area contributed by atoms with Gasteiger partial charge < -0.3 is 31.9 Å².